The summed E-state index contributed by atoms with van der Waals surface area (Å²) in [6.45, 7) is 4.11. The summed E-state index contributed by atoms with van der Waals surface area (Å²) >= 11 is 5.68. The molecule has 3 aliphatic heterocycles. The van der Waals surface area contributed by atoms with Gasteiger partial charge < -0.3 is 0 Å². The molecule has 0 aliphatic carbocycles. The third-order valence-corrected chi connectivity index (χ3v) is 12.8. The van der Waals surface area contributed by atoms with E-state index in [4.69, 9.17) is 9.47 Å². The zero-order valence-electron chi connectivity index (χ0n) is 10.4. The molecular formula is C12H20O2S2Se2. The molecule has 3 rings (SSSR count). The van der Waals surface area contributed by atoms with Crippen molar-refractivity contribution in [1.29, 1.82) is 0 Å². The molecule has 0 aromatic rings. The van der Waals surface area contributed by atoms with Gasteiger partial charge in [0.1, 0.15) is 0 Å². The first-order chi connectivity index (χ1) is 8.90. The van der Waals surface area contributed by atoms with E-state index in [1.165, 1.54) is 22.1 Å². The Labute approximate surface area is 131 Å². The molecule has 3 saturated heterocycles. The zero-order valence-corrected chi connectivity index (χ0v) is 15.5. The Kier molecular flexibility index (Phi) is 6.17. The van der Waals surface area contributed by atoms with Gasteiger partial charge in [0.25, 0.3) is 0 Å². The van der Waals surface area contributed by atoms with Gasteiger partial charge in [0.15, 0.2) is 0 Å². The fourth-order valence-electron chi connectivity index (χ4n) is 1.77. The molecule has 0 bridgehead atoms. The zero-order chi connectivity index (χ0) is 12.2. The summed E-state index contributed by atoms with van der Waals surface area (Å²) in [5, 5.41) is 4.56. The quantitative estimate of drug-likeness (QED) is 0.444. The molecule has 0 saturated carbocycles. The Balaban J connectivity index is 1.21. The third kappa shape index (κ3) is 5.57. The van der Waals surface area contributed by atoms with E-state index in [1.54, 1.807) is 0 Å². The van der Waals surface area contributed by atoms with Crippen LogP contribution >= 0.6 is 23.5 Å². The van der Waals surface area contributed by atoms with Crippen molar-refractivity contribution in [1.82, 2.24) is 0 Å². The van der Waals surface area contributed by atoms with Crippen LogP contribution in [0.1, 0.15) is 0 Å². The summed E-state index contributed by atoms with van der Waals surface area (Å²) in [6.07, 6.45) is 0. The Hall–Kier alpha value is 1.66. The van der Waals surface area contributed by atoms with E-state index in [1.807, 2.05) is 23.5 Å². The van der Waals surface area contributed by atoms with E-state index >= 15 is 0 Å². The first-order valence-corrected chi connectivity index (χ1v) is 13.0. The predicted molar refractivity (Wildman–Crippen MR) is 82.8 cm³/mol. The summed E-state index contributed by atoms with van der Waals surface area (Å²) < 4.78 is 11.6. The topological polar surface area (TPSA) is 18.5 Å². The minimum atomic E-state index is 0.805. The summed E-state index contributed by atoms with van der Waals surface area (Å²) in [6, 6.07) is 0. The number of rotatable bonds is 8. The fourth-order valence-corrected chi connectivity index (χ4v) is 10.1. The molecular weight excluding hydrogens is 398 g/mol. The van der Waals surface area contributed by atoms with Crippen molar-refractivity contribution >= 4 is 53.4 Å². The maximum absolute atomic E-state index is 5.82. The standard InChI is InChI=1S/C12H20O2S2Se2/c1(9-5-15-9)13-3-11-7-18-12(8-17-11)4-14-2-10-6-16-10/h9-12H,1-8H2. The molecule has 3 aliphatic rings. The van der Waals surface area contributed by atoms with Gasteiger partial charge in [-0.05, 0) is 0 Å². The number of thioether (sulfide) groups is 2. The molecule has 0 amide bonds. The van der Waals surface area contributed by atoms with Crippen LogP contribution in [-0.4, -0.2) is 78.3 Å². The van der Waals surface area contributed by atoms with Gasteiger partial charge in [-0.25, -0.2) is 0 Å². The molecule has 2 nitrogen and oxygen atoms in total. The third-order valence-electron chi connectivity index (χ3n) is 3.06. The van der Waals surface area contributed by atoms with Crippen molar-refractivity contribution in [2.75, 3.05) is 37.9 Å². The first kappa shape index (κ1) is 14.6. The molecule has 3 fully saturated rings. The van der Waals surface area contributed by atoms with Crippen LogP contribution in [-0.2, 0) is 9.47 Å². The molecule has 0 aromatic heterocycles. The molecule has 4 atom stereocenters. The van der Waals surface area contributed by atoms with Crippen molar-refractivity contribution in [2.24, 2.45) is 0 Å². The van der Waals surface area contributed by atoms with Crippen molar-refractivity contribution in [3.63, 3.8) is 0 Å². The second kappa shape index (κ2) is 7.61. The fraction of sp³-hybridized carbons (Fsp3) is 1.00. The van der Waals surface area contributed by atoms with E-state index in [-0.39, 0.29) is 0 Å². The van der Waals surface area contributed by atoms with E-state index in [2.05, 4.69) is 0 Å². The monoisotopic (exact) mass is 420 g/mol. The molecule has 18 heavy (non-hydrogen) atoms. The van der Waals surface area contributed by atoms with Gasteiger partial charge in [0, 0.05) is 0 Å². The van der Waals surface area contributed by atoms with Crippen molar-refractivity contribution in [3.8, 4) is 0 Å². The molecule has 3 heterocycles. The van der Waals surface area contributed by atoms with Crippen LogP contribution in [0.5, 0.6) is 0 Å². The van der Waals surface area contributed by atoms with Crippen molar-refractivity contribution in [2.45, 2.75) is 30.8 Å². The van der Waals surface area contributed by atoms with E-state index in [0.717, 1.165) is 76.5 Å². The first-order valence-electron chi connectivity index (χ1n) is 6.52. The van der Waals surface area contributed by atoms with E-state index < -0.39 is 0 Å². The second-order valence-corrected chi connectivity index (χ2v) is 13.2. The van der Waals surface area contributed by atoms with E-state index in [0.29, 0.717) is 0 Å². The Morgan fingerprint density at radius 2 is 1.22 bits per heavy atom. The Bertz CT molecular complexity index is 228. The maximum atomic E-state index is 5.82. The van der Waals surface area contributed by atoms with Crippen LogP contribution in [0.3, 0.4) is 0 Å². The molecule has 0 spiro atoms. The Morgan fingerprint density at radius 1 is 0.778 bits per heavy atom. The molecule has 0 radical (unpaired) electrons. The molecule has 4 unspecified atom stereocenters. The number of hydrogen-bond acceptors (Lipinski definition) is 4. The van der Waals surface area contributed by atoms with Crippen LogP contribution in [0.25, 0.3) is 0 Å². The van der Waals surface area contributed by atoms with Gasteiger partial charge >= 0.3 is 132 Å². The van der Waals surface area contributed by atoms with E-state index in [9.17, 15) is 0 Å². The van der Waals surface area contributed by atoms with Gasteiger partial charge in [-0.15, -0.1) is 0 Å². The number of hydrogen-bond donors (Lipinski definition) is 0. The molecule has 0 N–H and O–H groups in total. The minimum absolute atomic E-state index is 0.805. The van der Waals surface area contributed by atoms with Gasteiger partial charge in [-0.1, -0.05) is 0 Å². The average molecular weight is 418 g/mol. The SMILES string of the molecule is C(OCC1C[Se]C(COCC2CS2)C[Se]1)C1CS1. The predicted octanol–water partition coefficient (Wildman–Crippen LogP) is 2.09. The second-order valence-electron chi connectivity index (χ2n) is 4.90. The van der Waals surface area contributed by atoms with Crippen LogP contribution in [0.15, 0.2) is 0 Å². The summed E-state index contributed by atoms with van der Waals surface area (Å²) in [4.78, 5) is 1.83. The van der Waals surface area contributed by atoms with Gasteiger partial charge in [0.2, 0.25) is 0 Å². The van der Waals surface area contributed by atoms with Crippen LogP contribution in [0, 0.1) is 0 Å². The average Bonchev–Trinajstić information content (AvgIpc) is 3.25. The van der Waals surface area contributed by atoms with Gasteiger partial charge in [0.05, 0.1) is 0 Å². The van der Waals surface area contributed by atoms with Gasteiger partial charge in [-0.2, -0.15) is 0 Å². The number of ether oxygens (including phenoxy) is 2. The molecule has 0 aromatic carbocycles. The van der Waals surface area contributed by atoms with Gasteiger partial charge in [-0.3, -0.25) is 0 Å². The summed E-state index contributed by atoms with van der Waals surface area (Å²) in [7, 11) is 0. The van der Waals surface area contributed by atoms with Crippen molar-refractivity contribution < 1.29 is 9.47 Å². The van der Waals surface area contributed by atoms with Crippen LogP contribution < -0.4 is 0 Å². The summed E-state index contributed by atoms with van der Waals surface area (Å²) in [5.74, 6) is 2.66. The normalized spacial score (nSPS) is 38.7. The molecule has 6 heteroatoms. The Morgan fingerprint density at radius 3 is 1.56 bits per heavy atom. The summed E-state index contributed by atoms with van der Waals surface area (Å²) in [5.41, 5.74) is 0. The van der Waals surface area contributed by atoms with Crippen LogP contribution in [0.4, 0.5) is 0 Å². The van der Waals surface area contributed by atoms with Crippen molar-refractivity contribution in [3.05, 3.63) is 0 Å². The van der Waals surface area contributed by atoms with Crippen LogP contribution in [0.2, 0.25) is 20.3 Å². The molecule has 104 valence electrons.